The fourth-order valence-electron chi connectivity index (χ4n) is 2.85. The van der Waals surface area contributed by atoms with Crippen molar-refractivity contribution in [3.05, 3.63) is 85.0 Å². The molecule has 0 fully saturated rings. The second-order valence-corrected chi connectivity index (χ2v) is 5.11. The molecule has 20 heavy (non-hydrogen) atoms. The first kappa shape index (κ1) is 12.7. The number of fused-ring (bicyclic) bond motifs is 2. The maximum atomic E-state index is 3.86. The molecular formula is C20H18. The van der Waals surface area contributed by atoms with E-state index in [1.54, 1.807) is 0 Å². The van der Waals surface area contributed by atoms with Crippen LogP contribution in [0.15, 0.2) is 73.8 Å². The van der Waals surface area contributed by atoms with Crippen molar-refractivity contribution in [2.45, 2.75) is 12.8 Å². The van der Waals surface area contributed by atoms with Crippen molar-refractivity contribution >= 4 is 21.5 Å². The Bertz CT molecular complexity index is 729. The average Bonchev–Trinajstić information content (AvgIpc) is 2.47. The predicted molar refractivity (Wildman–Crippen MR) is 89.3 cm³/mol. The van der Waals surface area contributed by atoms with E-state index >= 15 is 0 Å². The second kappa shape index (κ2) is 5.34. The van der Waals surface area contributed by atoms with Crippen molar-refractivity contribution in [3.8, 4) is 0 Å². The number of rotatable bonds is 4. The van der Waals surface area contributed by atoms with Crippen molar-refractivity contribution in [3.63, 3.8) is 0 Å². The monoisotopic (exact) mass is 258 g/mol. The second-order valence-electron chi connectivity index (χ2n) is 5.11. The summed E-state index contributed by atoms with van der Waals surface area (Å²) < 4.78 is 0. The maximum Gasteiger partial charge on any atom is -0.00940 e. The molecule has 0 saturated heterocycles. The Morgan fingerprint density at radius 2 is 1.20 bits per heavy atom. The summed E-state index contributed by atoms with van der Waals surface area (Å²) in [5, 5.41) is 5.26. The summed E-state index contributed by atoms with van der Waals surface area (Å²) in [6.45, 7) is 7.72. The smallest absolute Gasteiger partial charge is 0.00940 e. The highest BCUT2D eigenvalue weighted by Crippen LogP contribution is 2.28. The molecule has 3 aromatic carbocycles. The molecule has 0 atom stereocenters. The molecule has 0 heteroatoms. The summed E-state index contributed by atoms with van der Waals surface area (Å²) >= 11 is 0. The van der Waals surface area contributed by atoms with Gasteiger partial charge in [-0.15, -0.1) is 13.2 Å². The molecule has 0 heterocycles. The number of hydrogen-bond donors (Lipinski definition) is 0. The Balaban J connectivity index is 2.35. The molecule has 0 radical (unpaired) electrons. The van der Waals surface area contributed by atoms with Crippen molar-refractivity contribution in [1.82, 2.24) is 0 Å². The standard InChI is InChI=1S/C20H18/c1-3-7-15-9-5-11-17-13-18-12-6-10-16(8-4-2)20(18)14-19(15)17/h3-6,9-14H,1-2,7-8H2. The minimum atomic E-state index is 0.909. The van der Waals surface area contributed by atoms with Crippen LogP contribution in [0.5, 0.6) is 0 Å². The lowest BCUT2D eigenvalue weighted by molar-refractivity contribution is 1.30. The van der Waals surface area contributed by atoms with Gasteiger partial charge in [0.05, 0.1) is 0 Å². The topological polar surface area (TPSA) is 0 Å². The van der Waals surface area contributed by atoms with Gasteiger partial charge in [0.2, 0.25) is 0 Å². The van der Waals surface area contributed by atoms with E-state index < -0.39 is 0 Å². The molecule has 98 valence electrons. The van der Waals surface area contributed by atoms with E-state index in [9.17, 15) is 0 Å². The molecule has 0 aliphatic rings. The van der Waals surface area contributed by atoms with E-state index in [1.165, 1.54) is 32.7 Å². The van der Waals surface area contributed by atoms with E-state index in [0.717, 1.165) is 12.8 Å². The largest absolute Gasteiger partial charge is 0.103 e. The maximum absolute atomic E-state index is 3.86. The SMILES string of the molecule is C=CCc1cccc2cc3cccc(CC=C)c3cc12. The summed E-state index contributed by atoms with van der Waals surface area (Å²) in [5.74, 6) is 0. The van der Waals surface area contributed by atoms with Gasteiger partial charge in [-0.2, -0.15) is 0 Å². The third-order valence-electron chi connectivity index (χ3n) is 3.79. The molecule has 3 aromatic rings. The Labute approximate surface area is 120 Å². The molecule has 0 unspecified atom stereocenters. The van der Waals surface area contributed by atoms with Gasteiger partial charge in [-0.3, -0.25) is 0 Å². The molecule has 0 aliphatic carbocycles. The first-order chi connectivity index (χ1) is 9.83. The van der Waals surface area contributed by atoms with Gasteiger partial charge in [0.1, 0.15) is 0 Å². The van der Waals surface area contributed by atoms with Crippen LogP contribution in [-0.2, 0) is 12.8 Å². The van der Waals surface area contributed by atoms with Crippen LogP contribution in [-0.4, -0.2) is 0 Å². The van der Waals surface area contributed by atoms with E-state index in [4.69, 9.17) is 0 Å². The minimum Gasteiger partial charge on any atom is -0.103 e. The summed E-state index contributed by atoms with van der Waals surface area (Å²) in [5.41, 5.74) is 2.68. The third-order valence-corrected chi connectivity index (χ3v) is 3.79. The van der Waals surface area contributed by atoms with Gasteiger partial charge in [-0.25, -0.2) is 0 Å². The van der Waals surface area contributed by atoms with E-state index in [0.29, 0.717) is 0 Å². The van der Waals surface area contributed by atoms with Crippen LogP contribution in [0.2, 0.25) is 0 Å². The van der Waals surface area contributed by atoms with Crippen LogP contribution in [0.4, 0.5) is 0 Å². The predicted octanol–water partition coefficient (Wildman–Crippen LogP) is 5.45. The first-order valence-electron chi connectivity index (χ1n) is 6.98. The van der Waals surface area contributed by atoms with Crippen LogP contribution in [0.25, 0.3) is 21.5 Å². The number of hydrogen-bond acceptors (Lipinski definition) is 0. The molecule has 0 aliphatic heterocycles. The quantitative estimate of drug-likeness (QED) is 0.431. The average molecular weight is 258 g/mol. The molecule has 0 spiro atoms. The Morgan fingerprint density at radius 3 is 1.65 bits per heavy atom. The van der Waals surface area contributed by atoms with Crippen LogP contribution in [0, 0.1) is 0 Å². The van der Waals surface area contributed by atoms with Gasteiger partial charge in [0, 0.05) is 0 Å². The van der Waals surface area contributed by atoms with Crippen molar-refractivity contribution in [2.24, 2.45) is 0 Å². The summed E-state index contributed by atoms with van der Waals surface area (Å²) in [6.07, 6.45) is 5.75. The van der Waals surface area contributed by atoms with E-state index in [2.05, 4.69) is 61.7 Å². The zero-order chi connectivity index (χ0) is 13.9. The van der Waals surface area contributed by atoms with Crippen LogP contribution >= 0.6 is 0 Å². The highest BCUT2D eigenvalue weighted by atomic mass is 14.1. The highest BCUT2D eigenvalue weighted by Gasteiger charge is 2.05. The fraction of sp³-hybridized carbons (Fsp3) is 0.100. The molecule has 0 saturated carbocycles. The Morgan fingerprint density at radius 1 is 0.700 bits per heavy atom. The molecule has 0 amide bonds. The van der Waals surface area contributed by atoms with Crippen molar-refractivity contribution in [2.75, 3.05) is 0 Å². The molecular weight excluding hydrogens is 240 g/mol. The summed E-state index contributed by atoms with van der Waals surface area (Å²) in [6, 6.07) is 17.6. The van der Waals surface area contributed by atoms with Crippen LogP contribution in [0.3, 0.4) is 0 Å². The van der Waals surface area contributed by atoms with Crippen molar-refractivity contribution in [1.29, 1.82) is 0 Å². The van der Waals surface area contributed by atoms with Gasteiger partial charge in [0.25, 0.3) is 0 Å². The zero-order valence-electron chi connectivity index (χ0n) is 11.6. The minimum absolute atomic E-state index is 0.909. The van der Waals surface area contributed by atoms with Gasteiger partial charge >= 0.3 is 0 Å². The molecule has 0 nitrogen and oxygen atoms in total. The van der Waals surface area contributed by atoms with E-state index in [-0.39, 0.29) is 0 Å². The van der Waals surface area contributed by atoms with Crippen molar-refractivity contribution < 1.29 is 0 Å². The Kier molecular flexibility index (Phi) is 3.39. The van der Waals surface area contributed by atoms with Crippen LogP contribution in [0.1, 0.15) is 11.1 Å². The number of benzene rings is 3. The summed E-state index contributed by atoms with van der Waals surface area (Å²) in [7, 11) is 0. The van der Waals surface area contributed by atoms with Gasteiger partial charge in [0.15, 0.2) is 0 Å². The number of allylic oxidation sites excluding steroid dienone is 2. The van der Waals surface area contributed by atoms with Gasteiger partial charge in [-0.1, -0.05) is 48.6 Å². The lowest BCUT2D eigenvalue weighted by atomic mass is 9.95. The normalized spacial score (nSPS) is 10.8. The van der Waals surface area contributed by atoms with Gasteiger partial charge in [-0.05, 0) is 57.6 Å². The van der Waals surface area contributed by atoms with Gasteiger partial charge < -0.3 is 0 Å². The molecule has 0 N–H and O–H groups in total. The Hall–Kier alpha value is -2.34. The third kappa shape index (κ3) is 2.14. The first-order valence-corrected chi connectivity index (χ1v) is 6.98. The molecule has 0 aromatic heterocycles. The highest BCUT2D eigenvalue weighted by molar-refractivity contribution is 6.01. The van der Waals surface area contributed by atoms with Crippen LogP contribution < -0.4 is 0 Å². The molecule has 3 rings (SSSR count). The fourth-order valence-corrected chi connectivity index (χ4v) is 2.85. The summed E-state index contributed by atoms with van der Waals surface area (Å²) in [4.78, 5) is 0. The lowest BCUT2D eigenvalue weighted by Gasteiger charge is -2.09. The van der Waals surface area contributed by atoms with E-state index in [1.807, 2.05) is 12.2 Å². The molecule has 0 bridgehead atoms. The lowest BCUT2D eigenvalue weighted by Crippen LogP contribution is -1.88. The zero-order valence-corrected chi connectivity index (χ0v) is 11.6.